The van der Waals surface area contributed by atoms with Crippen molar-refractivity contribution in [2.45, 2.75) is 6.92 Å². The molecule has 0 radical (unpaired) electrons. The van der Waals surface area contributed by atoms with Crippen LogP contribution in [0.4, 0.5) is 4.39 Å². The second-order valence-electron chi connectivity index (χ2n) is 5.55. The average Bonchev–Trinajstić information content (AvgIpc) is 2.91. The summed E-state index contributed by atoms with van der Waals surface area (Å²) >= 11 is 5.99. The Bertz CT molecular complexity index is 916. The molecule has 0 aromatic heterocycles. The minimum Gasteiger partial charge on any atom is -0.452 e. The third-order valence-electron chi connectivity index (χ3n) is 3.80. The first-order valence-corrected chi connectivity index (χ1v) is 8.01. The molecule has 2 aromatic rings. The molecule has 134 valence electrons. The average molecular weight is 377 g/mol. The lowest BCUT2D eigenvalue weighted by Crippen LogP contribution is -2.14. The van der Waals surface area contributed by atoms with E-state index < -0.39 is 17.6 Å². The largest absolute Gasteiger partial charge is 0.452 e. The molecule has 0 spiro atoms. The number of carbonyl (C=O) groups is 2. The fourth-order valence-electron chi connectivity index (χ4n) is 2.53. The molecule has 0 unspecified atom stereocenters. The summed E-state index contributed by atoms with van der Waals surface area (Å²) in [5.41, 5.74) is 0.839. The first-order chi connectivity index (χ1) is 12.4. The molecule has 1 aliphatic heterocycles. The van der Waals surface area contributed by atoms with Crippen molar-refractivity contribution in [3.05, 3.63) is 63.6 Å². The summed E-state index contributed by atoms with van der Waals surface area (Å²) in [6.45, 7) is 1.45. The number of hydrogen-bond donors (Lipinski definition) is 0. The van der Waals surface area contributed by atoms with Gasteiger partial charge in [0.25, 0.3) is 0 Å². The van der Waals surface area contributed by atoms with Crippen LogP contribution in [0.25, 0.3) is 6.08 Å². The molecule has 1 aliphatic rings. The predicted molar refractivity (Wildman–Crippen MR) is 93.0 cm³/mol. The Morgan fingerprint density at radius 1 is 1.31 bits per heavy atom. The van der Waals surface area contributed by atoms with Crippen molar-refractivity contribution in [2.24, 2.45) is 0 Å². The maximum absolute atomic E-state index is 14.0. The summed E-state index contributed by atoms with van der Waals surface area (Å²) in [5.74, 6) is -1.09. The molecule has 7 heteroatoms. The van der Waals surface area contributed by atoms with E-state index in [0.717, 1.165) is 0 Å². The van der Waals surface area contributed by atoms with Gasteiger partial charge in [-0.3, -0.25) is 4.79 Å². The number of fused-ring (bicyclic) bond motifs is 1. The van der Waals surface area contributed by atoms with Gasteiger partial charge in [-0.1, -0.05) is 17.7 Å². The summed E-state index contributed by atoms with van der Waals surface area (Å²) in [7, 11) is 1.38. The van der Waals surface area contributed by atoms with Crippen LogP contribution in [0.3, 0.4) is 0 Å². The van der Waals surface area contributed by atoms with Gasteiger partial charge in [0.05, 0.1) is 10.6 Å². The number of halogens is 2. The normalized spacial score (nSPS) is 14.3. The Morgan fingerprint density at radius 2 is 2.08 bits per heavy atom. The smallest absolute Gasteiger partial charge is 0.337 e. The van der Waals surface area contributed by atoms with Crippen LogP contribution in [0.5, 0.6) is 11.5 Å². The lowest BCUT2D eigenvalue weighted by atomic mass is 10.1. The molecule has 5 nitrogen and oxygen atoms in total. The third-order valence-corrected chi connectivity index (χ3v) is 4.13. The van der Waals surface area contributed by atoms with Crippen molar-refractivity contribution in [3.63, 3.8) is 0 Å². The molecule has 0 bridgehead atoms. The van der Waals surface area contributed by atoms with E-state index in [1.807, 2.05) is 0 Å². The van der Waals surface area contributed by atoms with E-state index in [1.54, 1.807) is 6.92 Å². The molecule has 1 heterocycles. The second-order valence-corrected chi connectivity index (χ2v) is 5.95. The number of rotatable bonds is 4. The zero-order valence-corrected chi connectivity index (χ0v) is 14.7. The second kappa shape index (κ2) is 7.27. The molecule has 0 atom stereocenters. The van der Waals surface area contributed by atoms with Gasteiger partial charge in [-0.15, -0.1) is 0 Å². The Labute approximate surface area is 153 Å². The summed E-state index contributed by atoms with van der Waals surface area (Å²) in [6, 6.07) is 7.22. The van der Waals surface area contributed by atoms with Gasteiger partial charge in [-0.25, -0.2) is 9.18 Å². The molecular formula is C19H14ClFO5. The molecule has 0 saturated heterocycles. The maximum atomic E-state index is 14.0. The molecule has 3 rings (SSSR count). The number of allylic oxidation sites excluding steroid dienone is 1. The number of carbonyl (C=O) groups excluding carboxylic acids is 2. The molecular weight excluding hydrogens is 363 g/mol. The van der Waals surface area contributed by atoms with E-state index in [9.17, 15) is 14.0 Å². The van der Waals surface area contributed by atoms with Crippen molar-refractivity contribution in [1.82, 2.24) is 0 Å². The lowest BCUT2D eigenvalue weighted by Gasteiger charge is -2.09. The first kappa shape index (κ1) is 18.1. The van der Waals surface area contributed by atoms with Gasteiger partial charge in [0, 0.05) is 18.2 Å². The quantitative estimate of drug-likeness (QED) is 0.459. The molecule has 2 aromatic carbocycles. The fourth-order valence-corrected chi connectivity index (χ4v) is 2.75. The number of ketones is 1. The van der Waals surface area contributed by atoms with Crippen LogP contribution < -0.4 is 9.47 Å². The molecule has 0 N–H and O–H groups in total. The topological polar surface area (TPSA) is 61.8 Å². The third kappa shape index (κ3) is 3.34. The van der Waals surface area contributed by atoms with Crippen LogP contribution >= 0.6 is 11.6 Å². The van der Waals surface area contributed by atoms with E-state index in [2.05, 4.69) is 0 Å². The van der Waals surface area contributed by atoms with Crippen LogP contribution in [0.2, 0.25) is 5.02 Å². The van der Waals surface area contributed by atoms with E-state index in [0.29, 0.717) is 11.1 Å². The Kier molecular flexibility index (Phi) is 5.06. The van der Waals surface area contributed by atoms with Gasteiger partial charge in [0.15, 0.2) is 5.76 Å². The lowest BCUT2D eigenvalue weighted by molar-refractivity contribution is -0.138. The summed E-state index contributed by atoms with van der Waals surface area (Å²) in [5, 5.41) is 0.163. The van der Waals surface area contributed by atoms with E-state index in [4.69, 9.17) is 25.8 Å². The fraction of sp³-hybridized carbons (Fsp3) is 0.158. The summed E-state index contributed by atoms with van der Waals surface area (Å²) in [6.07, 6.45) is 1.26. The Morgan fingerprint density at radius 3 is 2.77 bits per heavy atom. The number of methoxy groups -OCH3 is 1. The van der Waals surface area contributed by atoms with Gasteiger partial charge < -0.3 is 14.2 Å². The van der Waals surface area contributed by atoms with Gasteiger partial charge in [0.2, 0.25) is 5.78 Å². The van der Waals surface area contributed by atoms with Crippen molar-refractivity contribution in [1.29, 1.82) is 0 Å². The number of esters is 1. The van der Waals surface area contributed by atoms with Crippen LogP contribution in [-0.2, 0) is 9.53 Å². The highest BCUT2D eigenvalue weighted by molar-refractivity contribution is 6.32. The molecule has 0 aliphatic carbocycles. The molecule has 0 fully saturated rings. The van der Waals surface area contributed by atoms with E-state index in [1.165, 1.54) is 43.5 Å². The van der Waals surface area contributed by atoms with Crippen molar-refractivity contribution >= 4 is 29.4 Å². The van der Waals surface area contributed by atoms with Gasteiger partial charge in [0.1, 0.15) is 23.9 Å². The van der Waals surface area contributed by atoms with Crippen molar-refractivity contribution in [2.75, 3.05) is 13.7 Å². The Balaban J connectivity index is 1.95. The van der Waals surface area contributed by atoms with E-state index in [-0.39, 0.29) is 34.5 Å². The summed E-state index contributed by atoms with van der Waals surface area (Å²) < 4.78 is 29.5. The predicted octanol–water partition coefficient (Wildman–Crippen LogP) is 3.96. The van der Waals surface area contributed by atoms with Gasteiger partial charge in [-0.05, 0) is 37.3 Å². The van der Waals surface area contributed by atoms with Crippen molar-refractivity contribution < 1.29 is 28.2 Å². The number of hydrogen-bond acceptors (Lipinski definition) is 5. The Hall–Kier alpha value is -2.70. The van der Waals surface area contributed by atoms with Crippen LogP contribution in [0.1, 0.15) is 21.5 Å². The highest BCUT2D eigenvalue weighted by atomic mass is 35.5. The number of benzene rings is 2. The maximum Gasteiger partial charge on any atom is 0.337 e. The molecule has 26 heavy (non-hydrogen) atoms. The summed E-state index contributed by atoms with van der Waals surface area (Å²) in [4.78, 5) is 24.1. The highest BCUT2D eigenvalue weighted by Gasteiger charge is 2.31. The minimum atomic E-state index is -0.575. The van der Waals surface area contributed by atoms with Crippen molar-refractivity contribution in [3.8, 4) is 11.5 Å². The monoisotopic (exact) mass is 376 g/mol. The zero-order valence-electron chi connectivity index (χ0n) is 14.0. The van der Waals surface area contributed by atoms with Crippen LogP contribution in [0.15, 0.2) is 36.1 Å². The molecule has 0 amide bonds. The van der Waals surface area contributed by atoms with Crippen LogP contribution in [-0.4, -0.2) is 25.5 Å². The standard InChI is InChI=1S/C19H14ClFO5/c1-10-15(25-17(22)9-24-2)7-6-11-18(23)16(26-19(10)11)8-12-13(20)4-3-5-14(12)21/h3-8H,9H2,1-2H3/b16-8-. The SMILES string of the molecule is COCC(=O)Oc1ccc2c(c1C)O/C(=C\c1c(F)cccc1Cl)C2=O. The first-order valence-electron chi connectivity index (χ1n) is 7.64. The van der Waals surface area contributed by atoms with Gasteiger partial charge in [-0.2, -0.15) is 0 Å². The molecule has 0 saturated carbocycles. The van der Waals surface area contributed by atoms with Crippen LogP contribution in [0, 0.1) is 12.7 Å². The van der Waals surface area contributed by atoms with Gasteiger partial charge >= 0.3 is 5.97 Å². The highest BCUT2D eigenvalue weighted by Crippen LogP contribution is 2.39. The number of ether oxygens (including phenoxy) is 3. The van der Waals surface area contributed by atoms with E-state index >= 15 is 0 Å². The number of Topliss-reactive ketones (excluding diaryl/α,β-unsaturated/α-hetero) is 1. The minimum absolute atomic E-state index is 0.0598. The zero-order chi connectivity index (χ0) is 18.8.